The predicted octanol–water partition coefficient (Wildman–Crippen LogP) is 1.43. The summed E-state index contributed by atoms with van der Waals surface area (Å²) in [5.41, 5.74) is 1.78. The first-order valence-electron chi connectivity index (χ1n) is 8.31. The van der Waals surface area contributed by atoms with Crippen molar-refractivity contribution in [2.45, 2.75) is 19.5 Å². The van der Waals surface area contributed by atoms with Crippen molar-refractivity contribution in [1.29, 1.82) is 0 Å². The second-order valence-corrected chi connectivity index (χ2v) is 6.40. The molecule has 6 nitrogen and oxygen atoms in total. The van der Waals surface area contributed by atoms with Crippen LogP contribution < -0.4 is 19.9 Å². The summed E-state index contributed by atoms with van der Waals surface area (Å²) in [5.74, 6) is 2.27. The molecule has 4 rings (SSSR count). The third-order valence-electron chi connectivity index (χ3n) is 4.70. The summed E-state index contributed by atoms with van der Waals surface area (Å²) >= 11 is 0. The Labute approximate surface area is 145 Å². The third kappa shape index (κ3) is 2.96. The molecule has 0 spiro atoms. The molecule has 0 radical (unpaired) electrons. The number of para-hydroxylation sites is 1. The van der Waals surface area contributed by atoms with E-state index in [4.69, 9.17) is 9.47 Å². The highest BCUT2D eigenvalue weighted by Crippen LogP contribution is 2.32. The molecule has 1 unspecified atom stereocenters. The molecule has 6 heteroatoms. The lowest BCUT2D eigenvalue weighted by Gasteiger charge is -2.21. The number of aromatic amines is 1. The Hall–Kier alpha value is -2.86. The molecule has 0 saturated carbocycles. The largest absolute Gasteiger partial charge is 0.454 e. The van der Waals surface area contributed by atoms with E-state index < -0.39 is 0 Å². The van der Waals surface area contributed by atoms with Gasteiger partial charge < -0.3 is 19.4 Å². The predicted molar refractivity (Wildman–Crippen MR) is 93.9 cm³/mol. The highest BCUT2D eigenvalue weighted by Gasteiger charge is 2.21. The second-order valence-electron chi connectivity index (χ2n) is 6.40. The molecule has 3 aromatic rings. The van der Waals surface area contributed by atoms with Crippen LogP contribution in [0, 0.1) is 0 Å². The van der Waals surface area contributed by atoms with Gasteiger partial charge in [0, 0.05) is 5.56 Å². The molecule has 0 amide bonds. The molecule has 0 aliphatic carbocycles. The van der Waals surface area contributed by atoms with Crippen LogP contribution >= 0.6 is 0 Å². The summed E-state index contributed by atoms with van der Waals surface area (Å²) < 4.78 is 10.8. The van der Waals surface area contributed by atoms with E-state index in [1.54, 1.807) is 6.07 Å². The van der Waals surface area contributed by atoms with E-state index in [1.807, 2.05) is 36.4 Å². The van der Waals surface area contributed by atoms with Gasteiger partial charge in [-0.2, -0.15) is 0 Å². The number of hydrogen-bond donors (Lipinski definition) is 2. The van der Waals surface area contributed by atoms with Crippen molar-refractivity contribution in [3.63, 3.8) is 0 Å². The number of hydrogen-bond acceptors (Lipinski definition) is 4. The van der Waals surface area contributed by atoms with Gasteiger partial charge in [-0.15, -0.1) is 0 Å². The number of benzene rings is 2. The maximum absolute atomic E-state index is 12.3. The Morgan fingerprint density at radius 2 is 2.00 bits per heavy atom. The van der Waals surface area contributed by atoms with Gasteiger partial charge in [0.25, 0.3) is 5.56 Å². The highest BCUT2D eigenvalue weighted by atomic mass is 16.7. The van der Waals surface area contributed by atoms with Crippen LogP contribution in [-0.4, -0.2) is 23.8 Å². The standard InChI is InChI=1S/C19H19N3O3/c1-12(18-20-15-6-4-3-5-14(15)19(23)21-18)22(2)10-13-7-8-16-17(9-13)25-11-24-16/h3-9,12H,10-11H2,1-2H3,(H,20,21,23)/p+1/t12-/m0/s1. The minimum Gasteiger partial charge on any atom is -0.454 e. The molecule has 0 bridgehead atoms. The molecular formula is C19H20N3O3+. The summed E-state index contributed by atoms with van der Waals surface area (Å²) in [6.07, 6.45) is 0. The number of nitrogens with one attached hydrogen (secondary N) is 2. The SMILES string of the molecule is C[C@@H](c1nc2ccccc2c(=O)[nH]1)[NH+](C)Cc1ccc2c(c1)OCO2. The van der Waals surface area contributed by atoms with Crippen LogP contribution in [0.2, 0.25) is 0 Å². The number of aromatic nitrogens is 2. The van der Waals surface area contributed by atoms with Gasteiger partial charge >= 0.3 is 0 Å². The molecule has 2 heterocycles. The average molecular weight is 338 g/mol. The Bertz CT molecular complexity index is 983. The fraction of sp³-hybridized carbons (Fsp3) is 0.263. The lowest BCUT2D eigenvalue weighted by Crippen LogP contribution is -3.07. The maximum atomic E-state index is 12.3. The molecule has 25 heavy (non-hydrogen) atoms. The molecule has 1 aliphatic rings. The number of quaternary nitrogens is 1. The van der Waals surface area contributed by atoms with E-state index in [0.717, 1.165) is 29.1 Å². The van der Waals surface area contributed by atoms with Gasteiger partial charge in [-0.25, -0.2) is 4.98 Å². The van der Waals surface area contributed by atoms with Gasteiger partial charge in [-0.05, 0) is 37.3 Å². The van der Waals surface area contributed by atoms with Crippen LogP contribution in [0.5, 0.6) is 11.5 Å². The van der Waals surface area contributed by atoms with E-state index in [0.29, 0.717) is 11.2 Å². The van der Waals surface area contributed by atoms with Crippen LogP contribution in [0.3, 0.4) is 0 Å². The average Bonchev–Trinajstić information content (AvgIpc) is 3.08. The first-order valence-corrected chi connectivity index (χ1v) is 8.31. The third-order valence-corrected chi connectivity index (χ3v) is 4.70. The summed E-state index contributed by atoms with van der Waals surface area (Å²) in [5, 5.41) is 0.617. The Morgan fingerprint density at radius 3 is 2.88 bits per heavy atom. The lowest BCUT2D eigenvalue weighted by molar-refractivity contribution is -0.924. The van der Waals surface area contributed by atoms with E-state index in [9.17, 15) is 4.79 Å². The zero-order valence-electron chi connectivity index (χ0n) is 14.2. The molecule has 1 aromatic heterocycles. The quantitative estimate of drug-likeness (QED) is 0.755. The van der Waals surface area contributed by atoms with E-state index in [2.05, 4.69) is 23.9 Å². The van der Waals surface area contributed by atoms with E-state index in [1.165, 1.54) is 4.90 Å². The van der Waals surface area contributed by atoms with Crippen LogP contribution in [0.4, 0.5) is 0 Å². The second kappa shape index (κ2) is 6.22. The molecule has 0 fully saturated rings. The van der Waals surface area contributed by atoms with Crippen molar-refractivity contribution in [2.75, 3.05) is 13.8 Å². The summed E-state index contributed by atoms with van der Waals surface area (Å²) in [4.78, 5) is 21.1. The van der Waals surface area contributed by atoms with Gasteiger partial charge in [0.05, 0.1) is 18.0 Å². The van der Waals surface area contributed by atoms with Crippen LogP contribution in [0.25, 0.3) is 10.9 Å². The highest BCUT2D eigenvalue weighted by molar-refractivity contribution is 5.77. The van der Waals surface area contributed by atoms with Gasteiger partial charge in [0.15, 0.2) is 17.3 Å². The fourth-order valence-electron chi connectivity index (χ4n) is 3.07. The summed E-state index contributed by atoms with van der Waals surface area (Å²) in [6, 6.07) is 13.4. The Morgan fingerprint density at radius 1 is 1.20 bits per heavy atom. The van der Waals surface area contributed by atoms with Crippen molar-refractivity contribution in [3.8, 4) is 11.5 Å². The van der Waals surface area contributed by atoms with E-state index in [-0.39, 0.29) is 18.4 Å². The smallest absolute Gasteiger partial charge is 0.258 e. The van der Waals surface area contributed by atoms with Crippen LogP contribution in [0.15, 0.2) is 47.3 Å². The summed E-state index contributed by atoms with van der Waals surface area (Å²) in [7, 11) is 2.09. The minimum atomic E-state index is -0.0941. The van der Waals surface area contributed by atoms with Crippen molar-refractivity contribution in [3.05, 3.63) is 64.2 Å². The molecular weight excluding hydrogens is 318 g/mol. The van der Waals surface area contributed by atoms with E-state index >= 15 is 0 Å². The first-order chi connectivity index (χ1) is 12.1. The molecule has 2 atom stereocenters. The Kier molecular flexibility index (Phi) is 3.89. The molecule has 2 aromatic carbocycles. The summed E-state index contributed by atoms with van der Waals surface area (Å²) in [6.45, 7) is 3.13. The monoisotopic (exact) mass is 338 g/mol. The van der Waals surface area contributed by atoms with Crippen LogP contribution in [0.1, 0.15) is 24.4 Å². The normalized spacial score (nSPS) is 15.3. The van der Waals surface area contributed by atoms with Gasteiger partial charge in [0.1, 0.15) is 12.6 Å². The minimum absolute atomic E-state index is 0.0442. The maximum Gasteiger partial charge on any atom is 0.258 e. The number of nitrogens with zero attached hydrogens (tertiary/aromatic N) is 1. The van der Waals surface area contributed by atoms with Crippen molar-refractivity contribution in [2.24, 2.45) is 0 Å². The molecule has 1 aliphatic heterocycles. The van der Waals surface area contributed by atoms with Gasteiger partial charge in [-0.1, -0.05) is 12.1 Å². The lowest BCUT2D eigenvalue weighted by atomic mass is 10.1. The topological polar surface area (TPSA) is 68.7 Å². The number of rotatable bonds is 4. The van der Waals surface area contributed by atoms with Crippen molar-refractivity contribution in [1.82, 2.24) is 9.97 Å². The molecule has 128 valence electrons. The number of fused-ring (bicyclic) bond motifs is 2. The molecule has 2 N–H and O–H groups in total. The zero-order valence-corrected chi connectivity index (χ0v) is 14.2. The first kappa shape index (κ1) is 15.7. The molecule has 0 saturated heterocycles. The number of ether oxygens (including phenoxy) is 2. The van der Waals surface area contributed by atoms with Crippen molar-refractivity contribution < 1.29 is 14.4 Å². The van der Waals surface area contributed by atoms with Crippen molar-refractivity contribution >= 4 is 10.9 Å². The Balaban J connectivity index is 1.58. The zero-order chi connectivity index (χ0) is 17.4. The van der Waals surface area contributed by atoms with Gasteiger partial charge in [0.2, 0.25) is 6.79 Å². The van der Waals surface area contributed by atoms with Gasteiger partial charge in [-0.3, -0.25) is 4.79 Å². The number of H-pyrrole nitrogens is 1. The fourth-order valence-corrected chi connectivity index (χ4v) is 3.07. The van der Waals surface area contributed by atoms with Crippen LogP contribution in [-0.2, 0) is 6.54 Å².